The first-order valence-electron chi connectivity index (χ1n) is 8.85. The molecule has 2 N–H and O–H groups in total. The molecule has 0 atom stereocenters. The van der Waals surface area contributed by atoms with Crippen molar-refractivity contribution in [2.45, 2.75) is 24.8 Å². The summed E-state index contributed by atoms with van der Waals surface area (Å²) in [5.74, 6) is -0.0670. The lowest BCUT2D eigenvalue weighted by molar-refractivity contribution is -0.117. The fraction of sp³-hybridized carbons (Fsp3) is 0.143. The molecule has 0 saturated carbocycles. The molecule has 1 aromatic carbocycles. The van der Waals surface area contributed by atoms with E-state index in [0.29, 0.717) is 11.3 Å². The molecule has 148 valence electrons. The highest BCUT2D eigenvalue weighted by Crippen LogP contribution is 2.20. The normalized spacial score (nSPS) is 10.8. The molecule has 0 spiro atoms. The Morgan fingerprint density at radius 2 is 1.79 bits per heavy atom. The number of hydrogen-bond donors (Lipinski definition) is 2. The minimum absolute atomic E-state index is 0.375. The summed E-state index contributed by atoms with van der Waals surface area (Å²) in [5, 5.41) is 2.67. The molecule has 0 saturated heterocycles. The van der Waals surface area contributed by atoms with Crippen LogP contribution < -0.4 is 10.9 Å². The molecule has 2 aromatic heterocycles. The molecule has 2 heterocycles. The number of benzene rings is 1. The Morgan fingerprint density at radius 1 is 1.07 bits per heavy atom. The van der Waals surface area contributed by atoms with Gasteiger partial charge in [0.15, 0.2) is 5.16 Å². The van der Waals surface area contributed by atoms with Crippen LogP contribution in [-0.4, -0.2) is 21.8 Å². The molecule has 0 aliphatic carbocycles. The Hall–Kier alpha value is -2.97. The number of thioether (sulfide) groups is 1. The number of rotatable bonds is 6. The lowest BCUT2D eigenvalue weighted by Gasteiger charge is -2.07. The van der Waals surface area contributed by atoms with Gasteiger partial charge in [-0.15, -0.1) is 11.3 Å². The maximum Gasteiger partial charge on any atom is 0.269 e. The van der Waals surface area contributed by atoms with Crippen LogP contribution >= 0.6 is 23.1 Å². The minimum atomic E-state index is -0.395. The van der Waals surface area contributed by atoms with Gasteiger partial charge in [-0.1, -0.05) is 30.0 Å². The van der Waals surface area contributed by atoms with Crippen LogP contribution in [0, 0.1) is 13.8 Å². The molecular formula is C21H20N4O2S2. The molecule has 8 heteroatoms. The fourth-order valence-corrected chi connectivity index (χ4v) is 3.96. The third-order valence-electron chi connectivity index (χ3n) is 3.79. The molecule has 3 rings (SSSR count). The fourth-order valence-electron chi connectivity index (χ4n) is 2.43. The number of nitrogens with zero attached hydrogens (tertiary/aromatic N) is 2. The molecular weight excluding hydrogens is 404 g/mol. The van der Waals surface area contributed by atoms with Gasteiger partial charge in [-0.05, 0) is 55.1 Å². The minimum Gasteiger partial charge on any atom is -0.268 e. The molecule has 6 nitrogen and oxygen atoms in total. The number of hydrogen-bond acceptors (Lipinski definition) is 6. The van der Waals surface area contributed by atoms with Gasteiger partial charge in [0.25, 0.3) is 11.8 Å². The zero-order valence-corrected chi connectivity index (χ0v) is 17.6. The van der Waals surface area contributed by atoms with Crippen molar-refractivity contribution in [3.05, 3.63) is 81.3 Å². The second-order valence-corrected chi connectivity index (χ2v) is 8.13. The van der Waals surface area contributed by atoms with Crippen LogP contribution in [0.2, 0.25) is 0 Å². The zero-order valence-electron chi connectivity index (χ0n) is 16.0. The number of aryl methyl sites for hydroxylation is 2. The number of amides is 2. The van der Waals surface area contributed by atoms with E-state index in [9.17, 15) is 9.59 Å². The van der Waals surface area contributed by atoms with Gasteiger partial charge in [-0.2, -0.15) is 0 Å². The predicted octanol–water partition coefficient (Wildman–Crippen LogP) is 3.92. The summed E-state index contributed by atoms with van der Waals surface area (Å²) in [6.07, 6.45) is 3.07. The van der Waals surface area contributed by atoms with Gasteiger partial charge < -0.3 is 0 Å². The molecule has 0 radical (unpaired) electrons. The van der Waals surface area contributed by atoms with E-state index in [2.05, 4.69) is 20.8 Å². The summed E-state index contributed by atoms with van der Waals surface area (Å²) in [6, 6.07) is 12.9. The standard InChI is InChI=1S/C21H20N4O2S2/c1-14-12-15(2)23-21(22-14)29-13-16-5-7-17(8-6-16)20(27)25-24-19(26)10-9-18-4-3-11-28-18/h3-12H,13H2,1-2H3,(H,24,26)(H,25,27)/b10-9+. The van der Waals surface area contributed by atoms with Crippen molar-refractivity contribution in [1.82, 2.24) is 20.8 Å². The number of thiophene rings is 1. The van der Waals surface area contributed by atoms with E-state index in [1.807, 2.05) is 49.6 Å². The Balaban J connectivity index is 1.48. The second-order valence-electron chi connectivity index (χ2n) is 6.21. The largest absolute Gasteiger partial charge is 0.269 e. The topological polar surface area (TPSA) is 84.0 Å². The molecule has 0 aliphatic rings. The molecule has 0 aliphatic heterocycles. The third-order valence-corrected chi connectivity index (χ3v) is 5.54. The maximum atomic E-state index is 12.2. The highest BCUT2D eigenvalue weighted by Gasteiger charge is 2.07. The van der Waals surface area contributed by atoms with Gasteiger partial charge in [-0.3, -0.25) is 20.4 Å². The number of aromatic nitrogens is 2. The van der Waals surface area contributed by atoms with Crippen LogP contribution in [0.4, 0.5) is 0 Å². The summed E-state index contributed by atoms with van der Waals surface area (Å²) < 4.78 is 0. The lowest BCUT2D eigenvalue weighted by atomic mass is 10.1. The molecule has 0 bridgehead atoms. The van der Waals surface area contributed by atoms with Gasteiger partial charge >= 0.3 is 0 Å². The molecule has 29 heavy (non-hydrogen) atoms. The Morgan fingerprint density at radius 3 is 2.45 bits per heavy atom. The number of carbonyl (C=O) groups is 2. The van der Waals surface area contributed by atoms with E-state index in [1.165, 1.54) is 17.4 Å². The SMILES string of the molecule is Cc1cc(C)nc(SCc2ccc(C(=O)NNC(=O)/C=C/c3cccs3)cc2)n1. The molecule has 2 amide bonds. The summed E-state index contributed by atoms with van der Waals surface area (Å²) in [4.78, 5) is 33.7. The van der Waals surface area contributed by atoms with Crippen LogP contribution in [0.3, 0.4) is 0 Å². The number of carbonyl (C=O) groups excluding carboxylic acids is 2. The molecule has 0 unspecified atom stereocenters. The third kappa shape index (κ3) is 6.55. The van der Waals surface area contributed by atoms with E-state index in [-0.39, 0.29) is 5.91 Å². The van der Waals surface area contributed by atoms with E-state index >= 15 is 0 Å². The van der Waals surface area contributed by atoms with Crippen molar-refractivity contribution in [2.24, 2.45) is 0 Å². The van der Waals surface area contributed by atoms with Crippen molar-refractivity contribution < 1.29 is 9.59 Å². The second kappa shape index (κ2) is 9.99. The van der Waals surface area contributed by atoms with Gasteiger partial charge in [0.2, 0.25) is 0 Å². The highest BCUT2D eigenvalue weighted by molar-refractivity contribution is 7.98. The van der Waals surface area contributed by atoms with Crippen molar-refractivity contribution in [1.29, 1.82) is 0 Å². The quantitative estimate of drug-likeness (QED) is 0.271. The smallest absolute Gasteiger partial charge is 0.268 e. The average molecular weight is 425 g/mol. The number of nitrogens with one attached hydrogen (secondary N) is 2. The molecule has 3 aromatic rings. The number of hydrazine groups is 1. The van der Waals surface area contributed by atoms with Crippen molar-refractivity contribution in [3.63, 3.8) is 0 Å². The van der Waals surface area contributed by atoms with E-state index < -0.39 is 5.91 Å². The maximum absolute atomic E-state index is 12.2. The van der Waals surface area contributed by atoms with E-state index in [0.717, 1.165) is 27.0 Å². The van der Waals surface area contributed by atoms with Gasteiger partial charge in [0.1, 0.15) is 0 Å². The van der Waals surface area contributed by atoms with Gasteiger partial charge in [-0.25, -0.2) is 9.97 Å². The van der Waals surface area contributed by atoms with Crippen LogP contribution in [0.5, 0.6) is 0 Å². The van der Waals surface area contributed by atoms with Crippen molar-refractivity contribution in [3.8, 4) is 0 Å². The van der Waals surface area contributed by atoms with Crippen LogP contribution in [0.15, 0.2) is 59.1 Å². The van der Waals surface area contributed by atoms with E-state index in [1.54, 1.807) is 30.0 Å². The van der Waals surface area contributed by atoms with Crippen molar-refractivity contribution >= 4 is 41.0 Å². The van der Waals surface area contributed by atoms with Gasteiger partial charge in [0, 0.05) is 33.7 Å². The Kier molecular flexibility index (Phi) is 7.15. The first-order chi connectivity index (χ1) is 14.0. The highest BCUT2D eigenvalue weighted by atomic mass is 32.2. The Labute approximate surface area is 177 Å². The van der Waals surface area contributed by atoms with Crippen LogP contribution in [-0.2, 0) is 10.5 Å². The predicted molar refractivity (Wildman–Crippen MR) is 116 cm³/mol. The first kappa shape index (κ1) is 20.8. The monoisotopic (exact) mass is 424 g/mol. The summed E-state index contributed by atoms with van der Waals surface area (Å²) in [7, 11) is 0. The zero-order chi connectivity index (χ0) is 20.6. The summed E-state index contributed by atoms with van der Waals surface area (Å²) in [5.41, 5.74) is 8.18. The van der Waals surface area contributed by atoms with Crippen LogP contribution in [0.25, 0.3) is 6.08 Å². The average Bonchev–Trinajstić information content (AvgIpc) is 3.22. The molecule has 0 fully saturated rings. The Bertz CT molecular complexity index is 995. The summed E-state index contributed by atoms with van der Waals surface area (Å²) >= 11 is 3.08. The van der Waals surface area contributed by atoms with Crippen LogP contribution in [0.1, 0.15) is 32.2 Å². The van der Waals surface area contributed by atoms with Crippen molar-refractivity contribution in [2.75, 3.05) is 0 Å². The van der Waals surface area contributed by atoms with Gasteiger partial charge in [0.05, 0.1) is 0 Å². The first-order valence-corrected chi connectivity index (χ1v) is 10.7. The lowest BCUT2D eigenvalue weighted by Crippen LogP contribution is -2.40. The summed E-state index contributed by atoms with van der Waals surface area (Å²) in [6.45, 7) is 3.89. The van der Waals surface area contributed by atoms with E-state index in [4.69, 9.17) is 0 Å².